The topological polar surface area (TPSA) is 115 Å². The van der Waals surface area contributed by atoms with Gasteiger partial charge in [0.25, 0.3) is 5.91 Å². The van der Waals surface area contributed by atoms with Crippen LogP contribution in [-0.2, 0) is 9.53 Å². The van der Waals surface area contributed by atoms with Gasteiger partial charge in [-0.3, -0.25) is 14.6 Å². The van der Waals surface area contributed by atoms with E-state index in [0.717, 1.165) is 44.1 Å². The highest BCUT2D eigenvalue weighted by molar-refractivity contribution is 6.09. The molecule has 10 heteroatoms. The minimum atomic E-state index is -0.493. The molecule has 2 amide bonds. The molecule has 39 heavy (non-hydrogen) atoms. The first-order chi connectivity index (χ1) is 18.9. The number of aryl methyl sites for hydroxylation is 1. The number of halogens is 1. The van der Waals surface area contributed by atoms with Gasteiger partial charge in [-0.15, -0.1) is 0 Å². The highest BCUT2D eigenvalue weighted by atomic mass is 19.1. The molecule has 2 aliphatic rings. The predicted molar refractivity (Wildman–Crippen MR) is 145 cm³/mol. The van der Waals surface area contributed by atoms with Crippen LogP contribution in [0.2, 0.25) is 0 Å². The number of pyridine rings is 1. The van der Waals surface area contributed by atoms with E-state index in [1.54, 1.807) is 12.3 Å². The molecule has 3 aromatic rings. The van der Waals surface area contributed by atoms with Crippen LogP contribution in [0, 0.1) is 18.7 Å². The molecule has 2 aromatic heterocycles. The Morgan fingerprint density at radius 2 is 1.74 bits per heavy atom. The van der Waals surface area contributed by atoms with Crippen LogP contribution in [0.3, 0.4) is 0 Å². The number of methoxy groups -OCH3 is 2. The van der Waals surface area contributed by atoms with E-state index < -0.39 is 5.82 Å². The van der Waals surface area contributed by atoms with Crippen LogP contribution in [0.5, 0.6) is 11.5 Å². The SMILES string of the molecule is COCC(=O)NC1CCC(NC(=O)c2c(C)[nH]c3c(-c4cc(OC)c(F)cc4OCC4CC4)ccnc23)CC1. The molecular formula is C29H35FN4O5. The summed E-state index contributed by atoms with van der Waals surface area (Å²) in [6.45, 7) is 2.42. The van der Waals surface area contributed by atoms with Crippen molar-refractivity contribution in [2.45, 2.75) is 57.5 Å². The molecule has 0 radical (unpaired) electrons. The van der Waals surface area contributed by atoms with Crippen molar-refractivity contribution >= 4 is 22.8 Å². The number of aromatic amines is 1. The van der Waals surface area contributed by atoms with Crippen molar-refractivity contribution in [3.05, 3.63) is 41.5 Å². The largest absolute Gasteiger partial charge is 0.494 e. The number of benzene rings is 1. The molecule has 0 atom stereocenters. The average Bonchev–Trinajstić information content (AvgIpc) is 3.68. The van der Waals surface area contributed by atoms with Crippen LogP contribution in [0.15, 0.2) is 24.4 Å². The molecular weight excluding hydrogens is 503 g/mol. The van der Waals surface area contributed by atoms with Crippen molar-refractivity contribution in [1.29, 1.82) is 0 Å². The molecule has 3 N–H and O–H groups in total. The average molecular weight is 539 g/mol. The standard InChI is InChI=1S/C29H35FN4O5/c1-16-26(29(36)34-19-8-6-18(7-9-19)33-25(35)15-37-2)28-27(32-16)20(10-11-31-28)21-12-24(38-3)22(30)13-23(21)39-14-17-4-5-17/h10-13,17-19,32H,4-9,14-15H2,1-3H3,(H,33,35)(H,34,36). The Labute approximate surface area is 226 Å². The van der Waals surface area contributed by atoms with Crippen LogP contribution in [0.4, 0.5) is 4.39 Å². The first kappa shape index (κ1) is 26.9. The lowest BCUT2D eigenvalue weighted by molar-refractivity contribution is -0.125. The molecule has 0 spiro atoms. The van der Waals surface area contributed by atoms with E-state index in [-0.39, 0.29) is 36.3 Å². The number of carbonyl (C=O) groups excluding carboxylic acids is 2. The van der Waals surface area contributed by atoms with Gasteiger partial charge in [0.2, 0.25) is 5.91 Å². The smallest absolute Gasteiger partial charge is 0.255 e. The zero-order valence-electron chi connectivity index (χ0n) is 22.6. The Balaban J connectivity index is 1.37. The Bertz CT molecular complexity index is 1360. The van der Waals surface area contributed by atoms with E-state index in [2.05, 4.69) is 20.6 Å². The summed E-state index contributed by atoms with van der Waals surface area (Å²) in [6, 6.07) is 4.91. The Kier molecular flexibility index (Phi) is 8.02. The lowest BCUT2D eigenvalue weighted by atomic mass is 9.91. The number of amides is 2. The van der Waals surface area contributed by atoms with Gasteiger partial charge < -0.3 is 29.8 Å². The summed E-state index contributed by atoms with van der Waals surface area (Å²) in [6.07, 6.45) is 6.98. The zero-order valence-corrected chi connectivity index (χ0v) is 22.6. The van der Waals surface area contributed by atoms with E-state index in [1.165, 1.54) is 20.3 Å². The van der Waals surface area contributed by atoms with Crippen molar-refractivity contribution in [3.8, 4) is 22.6 Å². The summed E-state index contributed by atoms with van der Waals surface area (Å²) in [5.74, 6) is 0.232. The van der Waals surface area contributed by atoms with Gasteiger partial charge in [-0.25, -0.2) is 4.39 Å². The Morgan fingerprint density at radius 1 is 1.03 bits per heavy atom. The number of nitrogens with zero attached hydrogens (tertiary/aromatic N) is 1. The number of aromatic nitrogens is 2. The fraction of sp³-hybridized carbons (Fsp3) is 0.483. The normalized spacial score (nSPS) is 19.1. The number of nitrogens with one attached hydrogen (secondary N) is 3. The van der Waals surface area contributed by atoms with Crippen LogP contribution < -0.4 is 20.1 Å². The van der Waals surface area contributed by atoms with E-state index >= 15 is 0 Å². The summed E-state index contributed by atoms with van der Waals surface area (Å²) >= 11 is 0. The number of fused-ring (bicyclic) bond motifs is 1. The van der Waals surface area contributed by atoms with Gasteiger partial charge in [-0.2, -0.15) is 0 Å². The van der Waals surface area contributed by atoms with Crippen LogP contribution in [0.25, 0.3) is 22.2 Å². The Morgan fingerprint density at radius 3 is 2.41 bits per heavy atom. The molecule has 2 saturated carbocycles. The third kappa shape index (κ3) is 6.00. The van der Waals surface area contributed by atoms with Gasteiger partial charge in [-0.1, -0.05) is 0 Å². The van der Waals surface area contributed by atoms with Crippen molar-refractivity contribution < 1.29 is 28.2 Å². The monoisotopic (exact) mass is 538 g/mol. The zero-order chi connectivity index (χ0) is 27.5. The number of carbonyl (C=O) groups is 2. The maximum atomic E-state index is 14.6. The quantitative estimate of drug-likeness (QED) is 0.355. The highest BCUT2D eigenvalue weighted by Gasteiger charge is 2.28. The summed E-state index contributed by atoms with van der Waals surface area (Å²) in [4.78, 5) is 33.1. The molecule has 9 nitrogen and oxygen atoms in total. The van der Waals surface area contributed by atoms with Gasteiger partial charge in [0.1, 0.15) is 17.9 Å². The minimum Gasteiger partial charge on any atom is -0.494 e. The van der Waals surface area contributed by atoms with Crippen LogP contribution in [-0.4, -0.2) is 61.3 Å². The lowest BCUT2D eigenvalue weighted by Crippen LogP contribution is -2.44. The van der Waals surface area contributed by atoms with Crippen molar-refractivity contribution in [2.24, 2.45) is 5.92 Å². The molecule has 0 saturated heterocycles. The molecule has 0 aliphatic heterocycles. The van der Waals surface area contributed by atoms with Gasteiger partial charge in [-0.05, 0) is 63.5 Å². The van der Waals surface area contributed by atoms with E-state index in [0.29, 0.717) is 46.1 Å². The number of ether oxygens (including phenoxy) is 3. The second-order valence-corrected chi connectivity index (χ2v) is 10.5. The predicted octanol–water partition coefficient (Wildman–Crippen LogP) is 4.28. The molecule has 2 aliphatic carbocycles. The lowest BCUT2D eigenvalue weighted by Gasteiger charge is -2.29. The van der Waals surface area contributed by atoms with Gasteiger partial charge >= 0.3 is 0 Å². The van der Waals surface area contributed by atoms with E-state index in [1.807, 2.05) is 13.0 Å². The molecule has 5 rings (SSSR count). The Hall–Kier alpha value is -3.66. The second kappa shape index (κ2) is 11.6. The molecule has 1 aromatic carbocycles. The molecule has 0 bridgehead atoms. The number of hydrogen-bond acceptors (Lipinski definition) is 6. The third-order valence-corrected chi connectivity index (χ3v) is 7.52. The summed E-state index contributed by atoms with van der Waals surface area (Å²) in [5, 5.41) is 6.14. The fourth-order valence-electron chi connectivity index (χ4n) is 5.26. The number of H-pyrrole nitrogens is 1. The number of hydrogen-bond donors (Lipinski definition) is 3. The fourth-order valence-corrected chi connectivity index (χ4v) is 5.26. The summed E-state index contributed by atoms with van der Waals surface area (Å²) in [7, 11) is 2.92. The summed E-state index contributed by atoms with van der Waals surface area (Å²) in [5.41, 5.74) is 3.81. The van der Waals surface area contributed by atoms with E-state index in [9.17, 15) is 14.0 Å². The maximum Gasteiger partial charge on any atom is 0.255 e. The first-order valence-electron chi connectivity index (χ1n) is 13.4. The molecule has 208 valence electrons. The molecule has 0 unspecified atom stereocenters. The summed E-state index contributed by atoms with van der Waals surface area (Å²) < 4.78 is 30.8. The van der Waals surface area contributed by atoms with Crippen LogP contribution in [0.1, 0.15) is 54.6 Å². The van der Waals surface area contributed by atoms with Crippen molar-refractivity contribution in [3.63, 3.8) is 0 Å². The van der Waals surface area contributed by atoms with Crippen LogP contribution >= 0.6 is 0 Å². The molecule has 2 heterocycles. The maximum absolute atomic E-state index is 14.6. The minimum absolute atomic E-state index is 0.00407. The van der Waals surface area contributed by atoms with E-state index in [4.69, 9.17) is 14.2 Å². The van der Waals surface area contributed by atoms with Gasteiger partial charge in [0.05, 0.1) is 24.8 Å². The van der Waals surface area contributed by atoms with Crippen molar-refractivity contribution in [2.75, 3.05) is 27.4 Å². The number of rotatable bonds is 10. The highest BCUT2D eigenvalue weighted by Crippen LogP contribution is 2.40. The molecule has 2 fully saturated rings. The van der Waals surface area contributed by atoms with Crippen molar-refractivity contribution in [1.82, 2.24) is 20.6 Å². The first-order valence-corrected chi connectivity index (χ1v) is 13.4. The van der Waals surface area contributed by atoms with Gasteiger partial charge in [0, 0.05) is 48.3 Å². The van der Waals surface area contributed by atoms with Gasteiger partial charge in [0.15, 0.2) is 11.6 Å². The second-order valence-electron chi connectivity index (χ2n) is 10.5. The third-order valence-electron chi connectivity index (χ3n) is 7.52.